The second-order valence-electron chi connectivity index (χ2n) is 6.40. The Morgan fingerprint density at radius 1 is 1.11 bits per heavy atom. The molecule has 2 aromatic heterocycles. The van der Waals surface area contributed by atoms with Gasteiger partial charge in [0.1, 0.15) is 5.82 Å². The van der Waals surface area contributed by atoms with Crippen LogP contribution in [0.25, 0.3) is 11.0 Å². The molecule has 28 heavy (non-hydrogen) atoms. The molecule has 0 unspecified atom stereocenters. The molecule has 0 radical (unpaired) electrons. The Kier molecular flexibility index (Phi) is 4.72. The number of imidazole rings is 1. The van der Waals surface area contributed by atoms with Crippen LogP contribution < -0.4 is 10.9 Å². The summed E-state index contributed by atoms with van der Waals surface area (Å²) >= 11 is 0. The van der Waals surface area contributed by atoms with Crippen LogP contribution in [0.5, 0.6) is 0 Å². The number of pyridine rings is 1. The van der Waals surface area contributed by atoms with E-state index >= 15 is 0 Å². The maximum absolute atomic E-state index is 13.4. The van der Waals surface area contributed by atoms with Gasteiger partial charge < -0.3 is 14.9 Å². The number of nitrogens with zero attached hydrogens (tertiary/aromatic N) is 2. The van der Waals surface area contributed by atoms with Crippen LogP contribution in [0.3, 0.4) is 0 Å². The molecule has 0 saturated carbocycles. The lowest BCUT2D eigenvalue weighted by Gasteiger charge is -2.20. The summed E-state index contributed by atoms with van der Waals surface area (Å²) in [6, 6.07) is 16.1. The first-order chi connectivity index (χ1) is 13.6. The maximum atomic E-state index is 13.4. The standard InChI is InChI=1S/C21H17FN4O2/c22-16-8-5-14(6-9-16)18(25-21(28)15-7-10-20(27)23-11-15)12-26-13-24-17-3-1-2-4-19(17)26/h1-11,13,18H,12H2,(H,23,27)(H,25,28)/t18-/m1/s1. The number of aromatic amines is 1. The molecule has 0 saturated heterocycles. The highest BCUT2D eigenvalue weighted by molar-refractivity contribution is 5.94. The molecule has 1 amide bonds. The zero-order valence-corrected chi connectivity index (χ0v) is 14.8. The van der Waals surface area contributed by atoms with Crippen LogP contribution in [0.1, 0.15) is 22.0 Å². The van der Waals surface area contributed by atoms with E-state index in [9.17, 15) is 14.0 Å². The van der Waals surface area contributed by atoms with Crippen molar-refractivity contribution in [3.8, 4) is 0 Å². The molecule has 2 aromatic carbocycles. The van der Waals surface area contributed by atoms with Crippen molar-refractivity contribution in [2.45, 2.75) is 12.6 Å². The van der Waals surface area contributed by atoms with Crippen LogP contribution in [0.4, 0.5) is 4.39 Å². The number of hydrogen-bond donors (Lipinski definition) is 2. The van der Waals surface area contributed by atoms with Crippen LogP contribution in [-0.4, -0.2) is 20.4 Å². The molecule has 1 atom stereocenters. The van der Waals surface area contributed by atoms with Crippen LogP contribution >= 0.6 is 0 Å². The number of amides is 1. The van der Waals surface area contributed by atoms with Gasteiger partial charge in [0.25, 0.3) is 5.91 Å². The van der Waals surface area contributed by atoms with Crippen molar-refractivity contribution in [3.05, 3.63) is 100 Å². The fourth-order valence-electron chi connectivity index (χ4n) is 3.08. The number of H-pyrrole nitrogens is 1. The van der Waals surface area contributed by atoms with Crippen LogP contribution in [0.15, 0.2) is 78.0 Å². The van der Waals surface area contributed by atoms with E-state index in [4.69, 9.17) is 0 Å². The van der Waals surface area contributed by atoms with Gasteiger partial charge in [0.2, 0.25) is 5.56 Å². The van der Waals surface area contributed by atoms with Crippen molar-refractivity contribution in [2.75, 3.05) is 0 Å². The fourth-order valence-corrected chi connectivity index (χ4v) is 3.08. The number of carbonyl (C=O) groups excluding carboxylic acids is 1. The van der Waals surface area contributed by atoms with E-state index in [1.54, 1.807) is 18.5 Å². The summed E-state index contributed by atoms with van der Waals surface area (Å²) in [4.78, 5) is 30.8. The number of carbonyl (C=O) groups is 1. The van der Waals surface area contributed by atoms with Crippen molar-refractivity contribution in [1.29, 1.82) is 0 Å². The number of para-hydroxylation sites is 2. The first-order valence-corrected chi connectivity index (χ1v) is 8.75. The number of fused-ring (bicyclic) bond motifs is 1. The molecule has 7 heteroatoms. The minimum Gasteiger partial charge on any atom is -0.343 e. The van der Waals surface area contributed by atoms with Crippen molar-refractivity contribution in [1.82, 2.24) is 19.9 Å². The molecule has 4 rings (SSSR count). The molecule has 2 N–H and O–H groups in total. The quantitative estimate of drug-likeness (QED) is 0.562. The lowest BCUT2D eigenvalue weighted by Crippen LogP contribution is -2.31. The summed E-state index contributed by atoms with van der Waals surface area (Å²) < 4.78 is 15.3. The largest absolute Gasteiger partial charge is 0.343 e. The fraction of sp³-hybridized carbons (Fsp3) is 0.0952. The van der Waals surface area contributed by atoms with Gasteiger partial charge in [0, 0.05) is 18.8 Å². The molecule has 140 valence electrons. The third-order valence-corrected chi connectivity index (χ3v) is 4.53. The van der Waals surface area contributed by atoms with Crippen molar-refractivity contribution < 1.29 is 9.18 Å². The van der Waals surface area contributed by atoms with E-state index in [1.807, 2.05) is 28.8 Å². The molecular formula is C21H17FN4O2. The van der Waals surface area contributed by atoms with Gasteiger partial charge >= 0.3 is 0 Å². The molecule has 2 heterocycles. The van der Waals surface area contributed by atoms with Gasteiger partial charge in [-0.2, -0.15) is 0 Å². The lowest BCUT2D eigenvalue weighted by molar-refractivity contribution is 0.0932. The SMILES string of the molecule is O=C(N[C@H](Cn1cnc2ccccc21)c1ccc(F)cc1)c1ccc(=O)[nH]c1. The van der Waals surface area contributed by atoms with Crippen LogP contribution in [0.2, 0.25) is 0 Å². The third-order valence-electron chi connectivity index (χ3n) is 4.53. The molecular weight excluding hydrogens is 359 g/mol. The first kappa shape index (κ1) is 17.7. The average Bonchev–Trinajstić information content (AvgIpc) is 3.11. The van der Waals surface area contributed by atoms with Crippen molar-refractivity contribution in [3.63, 3.8) is 0 Å². The maximum Gasteiger partial charge on any atom is 0.253 e. The Morgan fingerprint density at radius 2 is 1.89 bits per heavy atom. The second kappa shape index (κ2) is 7.48. The Bertz CT molecular complexity index is 1160. The van der Waals surface area contributed by atoms with Gasteiger partial charge in [-0.1, -0.05) is 24.3 Å². The lowest BCUT2D eigenvalue weighted by atomic mass is 10.1. The van der Waals surface area contributed by atoms with E-state index in [1.165, 1.54) is 30.5 Å². The van der Waals surface area contributed by atoms with Crippen LogP contribution in [0, 0.1) is 5.82 Å². The zero-order chi connectivity index (χ0) is 19.5. The Morgan fingerprint density at radius 3 is 2.64 bits per heavy atom. The van der Waals surface area contributed by atoms with Gasteiger partial charge in [0.15, 0.2) is 0 Å². The van der Waals surface area contributed by atoms with E-state index in [-0.39, 0.29) is 17.3 Å². The number of aromatic nitrogens is 3. The molecule has 0 aliphatic rings. The number of benzene rings is 2. The highest BCUT2D eigenvalue weighted by Gasteiger charge is 2.18. The van der Waals surface area contributed by atoms with Gasteiger partial charge in [-0.25, -0.2) is 9.37 Å². The minimum absolute atomic E-state index is 0.281. The molecule has 0 aliphatic carbocycles. The predicted molar refractivity (Wildman–Crippen MR) is 103 cm³/mol. The zero-order valence-electron chi connectivity index (χ0n) is 14.8. The normalized spacial score (nSPS) is 12.0. The summed E-state index contributed by atoms with van der Waals surface area (Å²) in [7, 11) is 0. The van der Waals surface area contributed by atoms with Crippen molar-refractivity contribution in [2.24, 2.45) is 0 Å². The number of halogens is 1. The molecule has 0 aliphatic heterocycles. The summed E-state index contributed by atoms with van der Waals surface area (Å²) in [6.07, 6.45) is 3.08. The topological polar surface area (TPSA) is 79.8 Å². The van der Waals surface area contributed by atoms with Crippen LogP contribution in [-0.2, 0) is 6.54 Å². The van der Waals surface area contributed by atoms with Gasteiger partial charge in [-0.05, 0) is 35.9 Å². The monoisotopic (exact) mass is 376 g/mol. The predicted octanol–water partition coefficient (Wildman–Crippen LogP) is 3.04. The van der Waals surface area contributed by atoms with Gasteiger partial charge in [-0.15, -0.1) is 0 Å². The Hall–Kier alpha value is -3.74. The summed E-state index contributed by atoms with van der Waals surface area (Å²) in [5.41, 5.74) is 2.61. The van der Waals surface area contributed by atoms with Gasteiger partial charge in [0.05, 0.1) is 29.0 Å². The average molecular weight is 376 g/mol. The Balaban J connectivity index is 1.65. The molecule has 4 aromatic rings. The van der Waals surface area contributed by atoms with Crippen molar-refractivity contribution >= 4 is 16.9 Å². The third kappa shape index (κ3) is 3.68. The Labute approximate surface area is 159 Å². The summed E-state index contributed by atoms with van der Waals surface area (Å²) in [5.74, 6) is -0.683. The summed E-state index contributed by atoms with van der Waals surface area (Å²) in [6.45, 7) is 0.418. The number of hydrogen-bond acceptors (Lipinski definition) is 3. The smallest absolute Gasteiger partial charge is 0.253 e. The van der Waals surface area contributed by atoms with E-state index in [0.717, 1.165) is 16.6 Å². The number of rotatable bonds is 5. The first-order valence-electron chi connectivity index (χ1n) is 8.75. The number of nitrogens with one attached hydrogen (secondary N) is 2. The van der Waals surface area contributed by atoms with E-state index < -0.39 is 6.04 Å². The minimum atomic E-state index is -0.419. The molecule has 6 nitrogen and oxygen atoms in total. The van der Waals surface area contributed by atoms with Gasteiger partial charge in [-0.3, -0.25) is 9.59 Å². The highest BCUT2D eigenvalue weighted by Crippen LogP contribution is 2.20. The molecule has 0 bridgehead atoms. The van der Waals surface area contributed by atoms with E-state index in [0.29, 0.717) is 12.1 Å². The van der Waals surface area contributed by atoms with E-state index in [2.05, 4.69) is 15.3 Å². The second-order valence-corrected chi connectivity index (χ2v) is 6.40. The molecule has 0 spiro atoms. The summed E-state index contributed by atoms with van der Waals surface area (Å²) in [5, 5.41) is 2.96. The highest BCUT2D eigenvalue weighted by atomic mass is 19.1. The molecule has 0 fully saturated rings.